The Kier molecular flexibility index (Phi) is 10.0. The molecule has 2 amide bonds. The summed E-state index contributed by atoms with van der Waals surface area (Å²) in [6, 6.07) is 17.4. The van der Waals surface area contributed by atoms with Crippen LogP contribution in [-0.2, 0) is 9.59 Å². The molecule has 2 heterocycles. The molecule has 1 spiro atoms. The van der Waals surface area contributed by atoms with Crippen LogP contribution in [0.15, 0.2) is 70.6 Å². The highest BCUT2D eigenvalue weighted by molar-refractivity contribution is 8.07. The van der Waals surface area contributed by atoms with E-state index in [4.69, 9.17) is 10.5 Å². The van der Waals surface area contributed by atoms with Crippen LogP contribution in [0.25, 0.3) is 5.57 Å². The third-order valence-electron chi connectivity index (χ3n) is 7.72. The fourth-order valence-electron chi connectivity index (χ4n) is 5.54. The Balaban J connectivity index is 1.51. The van der Waals surface area contributed by atoms with Gasteiger partial charge in [0, 0.05) is 25.2 Å². The van der Waals surface area contributed by atoms with E-state index in [0.29, 0.717) is 4.91 Å². The van der Waals surface area contributed by atoms with Crippen molar-refractivity contribution in [2.45, 2.75) is 64.8 Å². The highest BCUT2D eigenvalue weighted by Gasteiger charge is 2.45. The van der Waals surface area contributed by atoms with Gasteiger partial charge in [0.1, 0.15) is 11.5 Å². The van der Waals surface area contributed by atoms with Gasteiger partial charge >= 0.3 is 0 Å². The van der Waals surface area contributed by atoms with Gasteiger partial charge in [-0.1, -0.05) is 67.4 Å². The van der Waals surface area contributed by atoms with Gasteiger partial charge in [-0.2, -0.15) is 0 Å². The van der Waals surface area contributed by atoms with E-state index in [-0.39, 0.29) is 11.4 Å². The van der Waals surface area contributed by atoms with E-state index in [1.54, 1.807) is 6.92 Å². The number of hydrogen-bond acceptors (Lipinski definition) is 5. The number of amides is 2. The Morgan fingerprint density at radius 1 is 1.02 bits per heavy atom. The van der Waals surface area contributed by atoms with Crippen molar-refractivity contribution in [2.75, 3.05) is 19.6 Å². The van der Waals surface area contributed by atoms with Crippen LogP contribution < -0.4 is 10.5 Å². The summed E-state index contributed by atoms with van der Waals surface area (Å²) in [7, 11) is 0. The fraction of sp³-hybridized carbons (Fsp3) is 0.394. The summed E-state index contributed by atoms with van der Waals surface area (Å²) >= 11 is 1.46. The van der Waals surface area contributed by atoms with Crippen LogP contribution in [-0.4, -0.2) is 46.8 Å². The van der Waals surface area contributed by atoms with Gasteiger partial charge < -0.3 is 20.3 Å². The number of thioether (sulfide) groups is 1. The predicted octanol–water partition coefficient (Wildman–Crippen LogP) is 6.55. The molecule has 0 saturated carbocycles. The van der Waals surface area contributed by atoms with E-state index >= 15 is 0 Å². The van der Waals surface area contributed by atoms with E-state index in [9.17, 15) is 9.59 Å². The summed E-state index contributed by atoms with van der Waals surface area (Å²) in [5, 5.41) is 1.05. The highest BCUT2D eigenvalue weighted by Crippen LogP contribution is 2.42. The molecule has 2 fully saturated rings. The number of carbonyl (C=O) groups excluding carboxylic acids is 2. The minimum atomic E-state index is -0.436. The maximum absolute atomic E-state index is 12.7. The van der Waals surface area contributed by atoms with Gasteiger partial charge in [-0.3, -0.25) is 9.59 Å². The molecule has 7 heteroatoms. The lowest BCUT2D eigenvalue weighted by Crippen LogP contribution is -2.53. The summed E-state index contributed by atoms with van der Waals surface area (Å²) in [5.41, 5.74) is 7.59. The maximum Gasteiger partial charge on any atom is 0.298 e. The lowest BCUT2D eigenvalue weighted by Gasteiger charge is -2.45. The molecule has 2 aromatic rings. The molecule has 210 valence electrons. The predicted molar refractivity (Wildman–Crippen MR) is 163 cm³/mol. The number of nitrogens with two attached hydrogens (primary N) is 1. The molecule has 2 aromatic carbocycles. The van der Waals surface area contributed by atoms with E-state index in [1.165, 1.54) is 11.8 Å². The summed E-state index contributed by atoms with van der Waals surface area (Å²) in [4.78, 5) is 30.3. The monoisotopic (exact) mass is 557 g/mol. The van der Waals surface area contributed by atoms with Crippen LogP contribution in [0.3, 0.4) is 0 Å². The second-order valence-electron chi connectivity index (χ2n) is 10.3. The van der Waals surface area contributed by atoms with Crippen LogP contribution in [0.5, 0.6) is 11.5 Å². The molecular weight excluding hydrogens is 518 g/mol. The van der Waals surface area contributed by atoms with Gasteiger partial charge in [-0.15, -0.1) is 0 Å². The van der Waals surface area contributed by atoms with Crippen LogP contribution in [0.2, 0.25) is 0 Å². The lowest BCUT2D eigenvalue weighted by molar-refractivity contribution is -0.130. The van der Waals surface area contributed by atoms with Crippen molar-refractivity contribution < 1.29 is 14.3 Å². The second-order valence-corrected chi connectivity index (χ2v) is 11.4. The third-order valence-corrected chi connectivity index (χ3v) is 9.07. The van der Waals surface area contributed by atoms with Crippen molar-refractivity contribution in [1.82, 2.24) is 9.80 Å². The number of rotatable bonds is 9. The van der Waals surface area contributed by atoms with Crippen molar-refractivity contribution in [3.63, 3.8) is 0 Å². The average Bonchev–Trinajstić information content (AvgIpc) is 3.37. The first-order valence-electron chi connectivity index (χ1n) is 14.1. The van der Waals surface area contributed by atoms with Crippen molar-refractivity contribution in [2.24, 2.45) is 5.73 Å². The first-order chi connectivity index (χ1) is 19.4. The number of carbonyl (C=O) groups is 2. The zero-order valence-corrected chi connectivity index (χ0v) is 24.6. The molecule has 0 bridgehead atoms. The van der Waals surface area contributed by atoms with Gasteiger partial charge in [0.25, 0.3) is 11.8 Å². The smallest absolute Gasteiger partial charge is 0.298 e. The minimum absolute atomic E-state index is 0.0562. The van der Waals surface area contributed by atoms with E-state index < -0.39 is 5.91 Å². The van der Waals surface area contributed by atoms with Crippen molar-refractivity contribution >= 4 is 29.1 Å². The SMILES string of the molecule is CC#CC(=O)N1CCCC12CCN(/C(=C\CCC)S/C(C(N)=O)=C(\C)c1ccc(Oc3ccccc3)cc1)CC2. The standard InChI is InChI=1S/C33H39N3O3S/c1-4-6-14-30(35-23-20-33(21-24-35)19-10-22-36(33)29(37)11-5-2)40-31(32(34)38)25(3)26-15-17-28(18-16-26)39-27-12-8-7-9-13-27/h7-9,12-18H,4,6,10,19-24H2,1-3H3,(H2,34,38)/b30-14+,31-25+. The van der Waals surface area contributed by atoms with Crippen LogP contribution in [0, 0.1) is 11.8 Å². The molecular formula is C33H39N3O3S. The largest absolute Gasteiger partial charge is 0.457 e. The van der Waals surface area contributed by atoms with Crippen LogP contribution >= 0.6 is 11.8 Å². The number of nitrogens with zero attached hydrogens (tertiary/aromatic N) is 2. The fourth-order valence-corrected chi connectivity index (χ4v) is 6.63. The minimum Gasteiger partial charge on any atom is -0.457 e. The van der Waals surface area contributed by atoms with Gasteiger partial charge in [0.2, 0.25) is 0 Å². The molecule has 0 radical (unpaired) electrons. The highest BCUT2D eigenvalue weighted by atomic mass is 32.2. The van der Waals surface area contributed by atoms with Gasteiger partial charge in [0.05, 0.1) is 9.93 Å². The lowest BCUT2D eigenvalue weighted by atomic mass is 9.85. The molecule has 2 saturated heterocycles. The molecule has 0 atom stereocenters. The Bertz CT molecular complexity index is 1310. The summed E-state index contributed by atoms with van der Waals surface area (Å²) in [6.45, 7) is 8.23. The van der Waals surface area contributed by atoms with Crippen molar-refractivity contribution in [3.8, 4) is 23.3 Å². The number of benzene rings is 2. The number of ether oxygens (including phenoxy) is 1. The van der Waals surface area contributed by atoms with Crippen LogP contribution in [0.4, 0.5) is 0 Å². The normalized spacial score (nSPS) is 17.2. The number of primary amides is 1. The third kappa shape index (κ3) is 6.92. The first kappa shape index (κ1) is 29.4. The first-order valence-corrected chi connectivity index (χ1v) is 14.9. The number of para-hydroxylation sites is 1. The molecule has 6 nitrogen and oxygen atoms in total. The molecule has 0 aromatic heterocycles. The van der Waals surface area contributed by atoms with Crippen LogP contribution in [0.1, 0.15) is 64.9 Å². The van der Waals surface area contributed by atoms with Crippen molar-refractivity contribution in [3.05, 3.63) is 76.2 Å². The Morgan fingerprint density at radius 2 is 1.70 bits per heavy atom. The zero-order chi connectivity index (χ0) is 28.5. The molecule has 4 rings (SSSR count). The molecule has 2 aliphatic rings. The Morgan fingerprint density at radius 3 is 2.33 bits per heavy atom. The van der Waals surface area contributed by atoms with Gasteiger partial charge in [-0.25, -0.2) is 0 Å². The number of likely N-dealkylation sites (tertiary alicyclic amines) is 2. The topological polar surface area (TPSA) is 75.9 Å². The second kappa shape index (κ2) is 13.6. The quantitative estimate of drug-likeness (QED) is 0.280. The molecule has 2 N–H and O–H groups in total. The molecule has 0 unspecified atom stereocenters. The molecule has 0 aliphatic carbocycles. The molecule has 40 heavy (non-hydrogen) atoms. The van der Waals surface area contributed by atoms with E-state index in [2.05, 4.69) is 29.7 Å². The maximum atomic E-state index is 12.7. The van der Waals surface area contributed by atoms with Gasteiger partial charge in [0.15, 0.2) is 0 Å². The molecule has 2 aliphatic heterocycles. The number of allylic oxidation sites excluding steroid dienone is 2. The summed E-state index contributed by atoms with van der Waals surface area (Å²) < 4.78 is 5.92. The van der Waals surface area contributed by atoms with E-state index in [1.807, 2.05) is 66.4 Å². The zero-order valence-electron chi connectivity index (χ0n) is 23.7. The summed E-state index contributed by atoms with van der Waals surface area (Å²) in [6.07, 6.45) is 7.98. The van der Waals surface area contributed by atoms with Gasteiger partial charge in [-0.05, 0) is 87.3 Å². The van der Waals surface area contributed by atoms with E-state index in [0.717, 1.165) is 85.8 Å². The number of unbranched alkanes of at least 4 members (excludes halogenated alkanes) is 1. The van der Waals surface area contributed by atoms with Crippen molar-refractivity contribution in [1.29, 1.82) is 0 Å². The average molecular weight is 558 g/mol. The number of hydrogen-bond donors (Lipinski definition) is 1. The summed E-state index contributed by atoms with van der Waals surface area (Å²) in [5.74, 6) is 6.52. The number of piperidine rings is 1. The Hall–Kier alpha value is -3.63. The Labute approximate surface area is 242 Å².